The third-order valence-corrected chi connectivity index (χ3v) is 4.07. The van der Waals surface area contributed by atoms with E-state index in [1.54, 1.807) is 25.4 Å². The molecule has 1 N–H and O–H groups in total. The number of nitrogens with one attached hydrogen (secondary N) is 1. The summed E-state index contributed by atoms with van der Waals surface area (Å²) in [4.78, 5) is 16.5. The molecule has 2 unspecified atom stereocenters. The molecule has 18 heavy (non-hydrogen) atoms. The van der Waals surface area contributed by atoms with Gasteiger partial charge in [0.05, 0.1) is 7.11 Å². The molecule has 0 amide bonds. The SMILES string of the molecule is COc1cc(C(=O)C2CC3CCC(C2)N3)ccn1. The fraction of sp³-hybridized carbons (Fsp3) is 0.571. The third kappa shape index (κ3) is 2.12. The number of carbonyl (C=O) groups is 1. The minimum atomic E-state index is 0.163. The average Bonchev–Trinajstić information content (AvgIpc) is 2.76. The van der Waals surface area contributed by atoms with Crippen molar-refractivity contribution in [2.24, 2.45) is 5.92 Å². The molecule has 4 nitrogen and oxygen atoms in total. The van der Waals surface area contributed by atoms with Crippen molar-refractivity contribution >= 4 is 5.78 Å². The summed E-state index contributed by atoms with van der Waals surface area (Å²) < 4.78 is 5.07. The Kier molecular flexibility index (Phi) is 3.04. The molecule has 4 heteroatoms. The van der Waals surface area contributed by atoms with Crippen molar-refractivity contribution in [3.05, 3.63) is 23.9 Å². The number of methoxy groups -OCH3 is 1. The molecule has 2 bridgehead atoms. The zero-order valence-corrected chi connectivity index (χ0v) is 10.6. The fourth-order valence-electron chi connectivity index (χ4n) is 3.18. The van der Waals surface area contributed by atoms with Crippen molar-refractivity contribution in [2.45, 2.75) is 37.8 Å². The summed E-state index contributed by atoms with van der Waals surface area (Å²) >= 11 is 0. The van der Waals surface area contributed by atoms with Gasteiger partial charge in [0.25, 0.3) is 0 Å². The van der Waals surface area contributed by atoms with E-state index in [0.29, 0.717) is 18.0 Å². The molecule has 96 valence electrons. The number of rotatable bonds is 3. The van der Waals surface area contributed by atoms with Crippen molar-refractivity contribution < 1.29 is 9.53 Å². The van der Waals surface area contributed by atoms with Gasteiger partial charge in [-0.15, -0.1) is 0 Å². The van der Waals surface area contributed by atoms with Gasteiger partial charge < -0.3 is 10.1 Å². The van der Waals surface area contributed by atoms with E-state index >= 15 is 0 Å². The number of piperidine rings is 1. The number of hydrogen-bond donors (Lipinski definition) is 1. The second kappa shape index (κ2) is 4.69. The Labute approximate surface area is 107 Å². The minimum Gasteiger partial charge on any atom is -0.481 e. The molecular formula is C14H18N2O2. The van der Waals surface area contributed by atoms with E-state index in [1.165, 1.54) is 12.8 Å². The summed E-state index contributed by atoms with van der Waals surface area (Å²) in [5, 5.41) is 3.56. The predicted molar refractivity (Wildman–Crippen MR) is 67.8 cm³/mol. The third-order valence-electron chi connectivity index (χ3n) is 4.07. The Morgan fingerprint density at radius 3 is 2.78 bits per heavy atom. The first-order chi connectivity index (χ1) is 8.76. The number of aromatic nitrogens is 1. The maximum absolute atomic E-state index is 12.5. The van der Waals surface area contributed by atoms with E-state index in [2.05, 4.69) is 10.3 Å². The van der Waals surface area contributed by atoms with Crippen LogP contribution in [-0.4, -0.2) is 30.0 Å². The molecule has 2 saturated heterocycles. The van der Waals surface area contributed by atoms with Crippen LogP contribution in [0.2, 0.25) is 0 Å². The van der Waals surface area contributed by atoms with E-state index in [0.717, 1.165) is 18.4 Å². The van der Waals surface area contributed by atoms with Gasteiger partial charge in [-0.3, -0.25) is 4.79 Å². The molecule has 3 rings (SSSR count). The van der Waals surface area contributed by atoms with Crippen LogP contribution in [0.4, 0.5) is 0 Å². The van der Waals surface area contributed by atoms with Crippen LogP contribution in [0.15, 0.2) is 18.3 Å². The number of Topliss-reactive ketones (excluding diaryl/α,β-unsaturated/α-hetero) is 1. The zero-order chi connectivity index (χ0) is 12.5. The zero-order valence-electron chi connectivity index (χ0n) is 10.6. The van der Waals surface area contributed by atoms with Gasteiger partial charge in [0.15, 0.2) is 5.78 Å². The molecular weight excluding hydrogens is 228 g/mol. The Hall–Kier alpha value is -1.42. The quantitative estimate of drug-likeness (QED) is 0.826. The van der Waals surface area contributed by atoms with E-state index < -0.39 is 0 Å². The first-order valence-electron chi connectivity index (χ1n) is 6.56. The van der Waals surface area contributed by atoms with Crippen molar-refractivity contribution in [2.75, 3.05) is 7.11 Å². The normalized spacial score (nSPS) is 30.2. The van der Waals surface area contributed by atoms with Crippen LogP contribution in [-0.2, 0) is 0 Å². The van der Waals surface area contributed by atoms with Crippen LogP contribution in [0.3, 0.4) is 0 Å². The van der Waals surface area contributed by atoms with E-state index in [-0.39, 0.29) is 11.7 Å². The van der Waals surface area contributed by atoms with Gasteiger partial charge in [0.1, 0.15) is 0 Å². The van der Waals surface area contributed by atoms with E-state index in [4.69, 9.17) is 4.74 Å². The Morgan fingerprint density at radius 2 is 2.11 bits per heavy atom. The molecule has 1 aromatic rings. The molecule has 2 aliphatic rings. The second-order valence-electron chi connectivity index (χ2n) is 5.26. The lowest BCUT2D eigenvalue weighted by Crippen LogP contribution is -2.40. The van der Waals surface area contributed by atoms with Crippen LogP contribution < -0.4 is 10.1 Å². The lowest BCUT2D eigenvalue weighted by molar-refractivity contribution is 0.0875. The number of nitrogens with zero attached hydrogens (tertiary/aromatic N) is 1. The largest absolute Gasteiger partial charge is 0.481 e. The second-order valence-corrected chi connectivity index (χ2v) is 5.26. The van der Waals surface area contributed by atoms with E-state index in [9.17, 15) is 4.79 Å². The van der Waals surface area contributed by atoms with Gasteiger partial charge in [0.2, 0.25) is 5.88 Å². The molecule has 3 heterocycles. The minimum absolute atomic E-state index is 0.163. The molecule has 0 aromatic carbocycles. The number of ketones is 1. The number of pyridine rings is 1. The highest BCUT2D eigenvalue weighted by atomic mass is 16.5. The molecule has 2 atom stereocenters. The van der Waals surface area contributed by atoms with Gasteiger partial charge in [-0.05, 0) is 31.7 Å². The number of fused-ring (bicyclic) bond motifs is 2. The van der Waals surface area contributed by atoms with E-state index in [1.807, 2.05) is 0 Å². The van der Waals surface area contributed by atoms with Crippen molar-refractivity contribution in [1.82, 2.24) is 10.3 Å². The Bertz CT molecular complexity index is 449. The Balaban J connectivity index is 1.77. The summed E-state index contributed by atoms with van der Waals surface area (Å²) in [6.45, 7) is 0. The van der Waals surface area contributed by atoms with Gasteiger partial charge in [-0.25, -0.2) is 4.98 Å². The highest BCUT2D eigenvalue weighted by Crippen LogP contribution is 2.33. The summed E-state index contributed by atoms with van der Waals surface area (Å²) in [7, 11) is 1.57. The summed E-state index contributed by atoms with van der Waals surface area (Å²) in [6.07, 6.45) is 6.02. The standard InChI is InChI=1S/C14H18N2O2/c1-18-13-8-9(4-5-15-13)14(17)10-6-11-2-3-12(7-10)16-11/h4-5,8,10-12,16H,2-3,6-7H2,1H3. The summed E-state index contributed by atoms with van der Waals surface area (Å²) in [6, 6.07) is 4.61. The number of carbonyl (C=O) groups excluding carboxylic acids is 1. The first-order valence-corrected chi connectivity index (χ1v) is 6.56. The highest BCUT2D eigenvalue weighted by molar-refractivity contribution is 5.98. The first kappa shape index (κ1) is 11.7. The number of hydrogen-bond acceptors (Lipinski definition) is 4. The van der Waals surface area contributed by atoms with Gasteiger partial charge in [-0.2, -0.15) is 0 Å². The topological polar surface area (TPSA) is 51.2 Å². The van der Waals surface area contributed by atoms with Gasteiger partial charge in [-0.1, -0.05) is 0 Å². The highest BCUT2D eigenvalue weighted by Gasteiger charge is 2.36. The lowest BCUT2D eigenvalue weighted by Gasteiger charge is -2.28. The maximum Gasteiger partial charge on any atom is 0.213 e. The average molecular weight is 246 g/mol. The smallest absolute Gasteiger partial charge is 0.213 e. The van der Waals surface area contributed by atoms with Crippen LogP contribution in [0.5, 0.6) is 5.88 Å². The molecule has 0 saturated carbocycles. The fourth-order valence-corrected chi connectivity index (χ4v) is 3.18. The summed E-state index contributed by atoms with van der Waals surface area (Å²) in [5.41, 5.74) is 0.730. The van der Waals surface area contributed by atoms with Gasteiger partial charge >= 0.3 is 0 Å². The maximum atomic E-state index is 12.5. The van der Waals surface area contributed by atoms with Crippen molar-refractivity contribution in [3.63, 3.8) is 0 Å². The monoisotopic (exact) mass is 246 g/mol. The number of ether oxygens (including phenoxy) is 1. The van der Waals surface area contributed by atoms with Crippen LogP contribution >= 0.6 is 0 Å². The Morgan fingerprint density at radius 1 is 1.39 bits per heavy atom. The molecule has 0 aliphatic carbocycles. The molecule has 1 aromatic heterocycles. The molecule has 0 spiro atoms. The van der Waals surface area contributed by atoms with Crippen molar-refractivity contribution in [3.8, 4) is 5.88 Å². The van der Waals surface area contributed by atoms with Crippen LogP contribution in [0.25, 0.3) is 0 Å². The summed E-state index contributed by atoms with van der Waals surface area (Å²) in [5.74, 6) is 0.919. The van der Waals surface area contributed by atoms with Crippen LogP contribution in [0.1, 0.15) is 36.0 Å². The lowest BCUT2D eigenvalue weighted by atomic mass is 9.86. The molecule has 2 fully saturated rings. The van der Waals surface area contributed by atoms with Gasteiger partial charge in [0, 0.05) is 35.8 Å². The predicted octanol–water partition coefficient (Wildman–Crippen LogP) is 1.80. The van der Waals surface area contributed by atoms with Crippen molar-refractivity contribution in [1.29, 1.82) is 0 Å². The van der Waals surface area contributed by atoms with Crippen LogP contribution in [0, 0.1) is 5.92 Å². The molecule has 2 aliphatic heterocycles. The molecule has 0 radical (unpaired) electrons.